The van der Waals surface area contributed by atoms with E-state index in [9.17, 15) is 4.39 Å². The van der Waals surface area contributed by atoms with Crippen LogP contribution in [0.2, 0.25) is 0 Å². The van der Waals surface area contributed by atoms with Gasteiger partial charge in [-0.05, 0) is 31.5 Å². The van der Waals surface area contributed by atoms with Gasteiger partial charge in [0.05, 0.1) is 6.54 Å². The standard InChI is InChI=1S/C19H28FN5O2.HI/c1-6-26-13(2)17-24-16(27-25-17)11-22-18(21-5)23-12-19(3,4)14-8-7-9-15(20)10-14;/h7-10,13H,6,11-12H2,1-5H3,(H2,21,22,23);1H. The highest BCUT2D eigenvalue weighted by molar-refractivity contribution is 14.0. The summed E-state index contributed by atoms with van der Waals surface area (Å²) in [5, 5.41) is 10.3. The van der Waals surface area contributed by atoms with Gasteiger partial charge in [-0.1, -0.05) is 31.1 Å². The van der Waals surface area contributed by atoms with E-state index in [1.807, 2.05) is 33.8 Å². The Kier molecular flexibility index (Phi) is 9.80. The van der Waals surface area contributed by atoms with Crippen molar-refractivity contribution in [1.82, 2.24) is 20.8 Å². The molecule has 0 saturated carbocycles. The van der Waals surface area contributed by atoms with Crippen LogP contribution in [0.3, 0.4) is 0 Å². The Balaban J connectivity index is 0.00000392. The Morgan fingerprint density at radius 3 is 2.75 bits per heavy atom. The number of rotatable bonds is 8. The lowest BCUT2D eigenvalue weighted by molar-refractivity contribution is 0.0683. The van der Waals surface area contributed by atoms with E-state index in [0.717, 1.165) is 5.56 Å². The Hall–Kier alpha value is -1.75. The van der Waals surface area contributed by atoms with E-state index in [1.165, 1.54) is 6.07 Å². The molecule has 1 unspecified atom stereocenters. The van der Waals surface area contributed by atoms with E-state index in [2.05, 4.69) is 25.8 Å². The molecule has 0 aliphatic rings. The fraction of sp³-hybridized carbons (Fsp3) is 0.526. The van der Waals surface area contributed by atoms with Gasteiger partial charge in [0.15, 0.2) is 11.8 Å². The van der Waals surface area contributed by atoms with Crippen LogP contribution in [-0.4, -0.2) is 36.3 Å². The molecule has 1 heterocycles. The molecule has 2 rings (SSSR count). The fourth-order valence-corrected chi connectivity index (χ4v) is 2.53. The van der Waals surface area contributed by atoms with Crippen molar-refractivity contribution in [2.45, 2.75) is 45.8 Å². The molecule has 0 aliphatic heterocycles. The number of hydrogen-bond donors (Lipinski definition) is 2. The van der Waals surface area contributed by atoms with Crippen LogP contribution in [0.15, 0.2) is 33.8 Å². The number of guanidine groups is 1. The molecule has 1 aromatic carbocycles. The first kappa shape index (κ1) is 24.3. The number of nitrogens with zero attached hydrogens (tertiary/aromatic N) is 3. The average Bonchev–Trinajstić information content (AvgIpc) is 3.11. The molecule has 2 aromatic rings. The van der Waals surface area contributed by atoms with E-state index < -0.39 is 0 Å². The van der Waals surface area contributed by atoms with Crippen LogP contribution in [-0.2, 0) is 16.7 Å². The molecule has 156 valence electrons. The monoisotopic (exact) mass is 505 g/mol. The first-order valence-electron chi connectivity index (χ1n) is 9.00. The van der Waals surface area contributed by atoms with Gasteiger partial charge >= 0.3 is 0 Å². The number of halogens is 2. The molecule has 9 heteroatoms. The van der Waals surface area contributed by atoms with Gasteiger partial charge in [-0.3, -0.25) is 4.99 Å². The van der Waals surface area contributed by atoms with Gasteiger partial charge in [0.25, 0.3) is 0 Å². The molecule has 7 nitrogen and oxygen atoms in total. The zero-order valence-corrected chi connectivity index (χ0v) is 19.3. The highest BCUT2D eigenvalue weighted by Gasteiger charge is 2.21. The molecule has 0 aliphatic carbocycles. The Morgan fingerprint density at radius 2 is 2.11 bits per heavy atom. The number of benzene rings is 1. The van der Waals surface area contributed by atoms with Crippen molar-refractivity contribution >= 4 is 29.9 Å². The second kappa shape index (κ2) is 11.3. The second-order valence-electron chi connectivity index (χ2n) is 6.82. The average molecular weight is 505 g/mol. The van der Waals surface area contributed by atoms with Crippen LogP contribution in [0.1, 0.15) is 51.1 Å². The third kappa shape index (κ3) is 7.01. The van der Waals surface area contributed by atoms with Gasteiger partial charge < -0.3 is 19.9 Å². The summed E-state index contributed by atoms with van der Waals surface area (Å²) in [5.74, 6) is 1.32. The Bertz CT molecular complexity index is 766. The number of aromatic nitrogens is 2. The lowest BCUT2D eigenvalue weighted by Gasteiger charge is -2.26. The van der Waals surface area contributed by atoms with Crippen molar-refractivity contribution in [1.29, 1.82) is 0 Å². The van der Waals surface area contributed by atoms with Crippen LogP contribution in [0.5, 0.6) is 0 Å². The van der Waals surface area contributed by atoms with E-state index in [1.54, 1.807) is 19.2 Å². The predicted octanol–water partition coefficient (Wildman–Crippen LogP) is 3.57. The first-order valence-corrected chi connectivity index (χ1v) is 9.00. The summed E-state index contributed by atoms with van der Waals surface area (Å²) in [6, 6.07) is 6.63. The molecular formula is C19H29FIN5O2. The van der Waals surface area contributed by atoms with Crippen LogP contribution < -0.4 is 10.6 Å². The molecule has 0 radical (unpaired) electrons. The van der Waals surface area contributed by atoms with Crippen LogP contribution >= 0.6 is 24.0 Å². The summed E-state index contributed by atoms with van der Waals surface area (Å²) in [4.78, 5) is 8.51. The molecule has 1 aromatic heterocycles. The van der Waals surface area contributed by atoms with E-state index in [4.69, 9.17) is 9.26 Å². The van der Waals surface area contributed by atoms with Crippen molar-refractivity contribution in [2.24, 2.45) is 4.99 Å². The highest BCUT2D eigenvalue weighted by atomic mass is 127. The minimum Gasteiger partial charge on any atom is -0.371 e. The van der Waals surface area contributed by atoms with E-state index >= 15 is 0 Å². The van der Waals surface area contributed by atoms with Gasteiger partial charge in [0.1, 0.15) is 11.9 Å². The molecule has 28 heavy (non-hydrogen) atoms. The molecule has 0 amide bonds. The van der Waals surface area contributed by atoms with Gasteiger partial charge in [-0.15, -0.1) is 24.0 Å². The molecule has 0 fully saturated rings. The first-order chi connectivity index (χ1) is 12.9. The summed E-state index contributed by atoms with van der Waals surface area (Å²) < 4.78 is 24.2. The molecular weight excluding hydrogens is 476 g/mol. The van der Waals surface area contributed by atoms with Crippen LogP contribution in [0.4, 0.5) is 4.39 Å². The molecule has 0 saturated heterocycles. The second-order valence-corrected chi connectivity index (χ2v) is 6.82. The summed E-state index contributed by atoms with van der Waals surface area (Å²) in [6.07, 6.45) is -0.211. The number of nitrogens with one attached hydrogen (secondary N) is 2. The van der Waals surface area contributed by atoms with Crippen molar-refractivity contribution in [3.05, 3.63) is 47.4 Å². The fourth-order valence-electron chi connectivity index (χ4n) is 2.53. The van der Waals surface area contributed by atoms with Crippen molar-refractivity contribution in [2.75, 3.05) is 20.2 Å². The Morgan fingerprint density at radius 1 is 1.36 bits per heavy atom. The topological polar surface area (TPSA) is 84.6 Å². The third-order valence-corrected chi connectivity index (χ3v) is 4.20. The van der Waals surface area contributed by atoms with E-state index in [0.29, 0.717) is 37.4 Å². The number of hydrogen-bond acceptors (Lipinski definition) is 5. The predicted molar refractivity (Wildman–Crippen MR) is 117 cm³/mol. The largest absolute Gasteiger partial charge is 0.371 e. The van der Waals surface area contributed by atoms with Gasteiger partial charge in [-0.2, -0.15) is 4.98 Å². The number of ether oxygens (including phenoxy) is 1. The highest BCUT2D eigenvalue weighted by Crippen LogP contribution is 2.22. The normalized spacial score (nSPS) is 13.0. The maximum atomic E-state index is 13.5. The minimum atomic E-state index is -0.274. The van der Waals surface area contributed by atoms with Crippen LogP contribution in [0, 0.1) is 5.82 Å². The molecule has 0 bridgehead atoms. The van der Waals surface area contributed by atoms with Gasteiger partial charge in [-0.25, -0.2) is 4.39 Å². The van der Waals surface area contributed by atoms with Crippen molar-refractivity contribution in [3.63, 3.8) is 0 Å². The molecule has 1 atom stereocenters. The van der Waals surface area contributed by atoms with Gasteiger partial charge in [0.2, 0.25) is 5.89 Å². The summed E-state index contributed by atoms with van der Waals surface area (Å²) in [5.41, 5.74) is 0.640. The quantitative estimate of drug-likeness (QED) is 0.324. The lowest BCUT2D eigenvalue weighted by atomic mass is 9.84. The van der Waals surface area contributed by atoms with Crippen LogP contribution in [0.25, 0.3) is 0 Å². The SMILES string of the molecule is CCOC(C)c1noc(CNC(=NC)NCC(C)(C)c2cccc(F)c2)n1.I. The van der Waals surface area contributed by atoms with E-state index in [-0.39, 0.29) is 41.3 Å². The summed E-state index contributed by atoms with van der Waals surface area (Å²) in [7, 11) is 1.68. The summed E-state index contributed by atoms with van der Waals surface area (Å²) in [6.45, 7) is 9.38. The molecule has 0 spiro atoms. The zero-order chi connectivity index (χ0) is 19.9. The molecule has 2 N–H and O–H groups in total. The smallest absolute Gasteiger partial charge is 0.246 e. The van der Waals surface area contributed by atoms with Gasteiger partial charge in [0, 0.05) is 25.6 Å². The summed E-state index contributed by atoms with van der Waals surface area (Å²) >= 11 is 0. The third-order valence-electron chi connectivity index (χ3n) is 4.20. The zero-order valence-electron chi connectivity index (χ0n) is 17.0. The maximum absolute atomic E-state index is 13.5. The minimum absolute atomic E-state index is 0. The maximum Gasteiger partial charge on any atom is 0.246 e. The Labute approximate surface area is 182 Å². The lowest BCUT2D eigenvalue weighted by Crippen LogP contribution is -2.43. The van der Waals surface area contributed by atoms with Crippen molar-refractivity contribution in [3.8, 4) is 0 Å². The number of aliphatic imine (C=N–C) groups is 1. The van der Waals surface area contributed by atoms with Crippen molar-refractivity contribution < 1.29 is 13.7 Å².